The normalized spacial score (nSPS) is 17.5. The molecule has 1 aliphatic carbocycles. The van der Waals surface area contributed by atoms with Gasteiger partial charge in [-0.05, 0) is 25.7 Å². The SMILES string of the molecule is NNC(=NCCCCC(N)=O)NC1CCCCC1. The first-order valence-corrected chi connectivity index (χ1v) is 6.78. The van der Waals surface area contributed by atoms with Crippen LogP contribution in [0.4, 0.5) is 0 Å². The molecular formula is C12H25N5O. The van der Waals surface area contributed by atoms with Gasteiger partial charge in [-0.3, -0.25) is 15.2 Å². The molecule has 1 fully saturated rings. The van der Waals surface area contributed by atoms with Gasteiger partial charge >= 0.3 is 0 Å². The van der Waals surface area contributed by atoms with Gasteiger partial charge in [0, 0.05) is 19.0 Å². The van der Waals surface area contributed by atoms with E-state index >= 15 is 0 Å². The number of guanidine groups is 1. The van der Waals surface area contributed by atoms with Crippen LogP contribution in [0.5, 0.6) is 0 Å². The van der Waals surface area contributed by atoms with E-state index < -0.39 is 0 Å². The zero-order valence-electron chi connectivity index (χ0n) is 11.0. The Bertz CT molecular complexity index is 274. The Labute approximate surface area is 109 Å². The minimum absolute atomic E-state index is 0.253. The third kappa shape index (κ3) is 6.44. The number of nitrogens with zero attached hydrogens (tertiary/aromatic N) is 1. The number of carbonyl (C=O) groups excluding carboxylic acids is 1. The van der Waals surface area contributed by atoms with Crippen LogP contribution in [-0.2, 0) is 4.79 Å². The molecule has 0 radical (unpaired) electrons. The quantitative estimate of drug-likeness (QED) is 0.181. The molecule has 1 rings (SSSR count). The lowest BCUT2D eigenvalue weighted by molar-refractivity contribution is -0.118. The number of nitrogens with two attached hydrogens (primary N) is 2. The summed E-state index contributed by atoms with van der Waals surface area (Å²) in [6, 6.07) is 0.485. The Morgan fingerprint density at radius 2 is 1.94 bits per heavy atom. The van der Waals surface area contributed by atoms with Crippen molar-refractivity contribution in [2.24, 2.45) is 16.6 Å². The molecule has 1 amide bonds. The number of rotatable bonds is 6. The van der Waals surface area contributed by atoms with Gasteiger partial charge in [0.05, 0.1) is 0 Å². The summed E-state index contributed by atoms with van der Waals surface area (Å²) >= 11 is 0. The van der Waals surface area contributed by atoms with Crippen LogP contribution in [0.1, 0.15) is 51.4 Å². The number of primary amides is 1. The minimum atomic E-state index is -0.253. The van der Waals surface area contributed by atoms with Gasteiger partial charge in [0.2, 0.25) is 11.9 Å². The molecule has 0 bridgehead atoms. The van der Waals surface area contributed by atoms with Crippen molar-refractivity contribution in [2.45, 2.75) is 57.4 Å². The highest BCUT2D eigenvalue weighted by molar-refractivity contribution is 5.79. The standard InChI is InChI=1S/C12H25N5O/c13-11(18)8-4-5-9-15-12(17-14)16-10-6-2-1-3-7-10/h10H,1-9,14H2,(H2,13,18)(H2,15,16,17). The molecule has 0 atom stereocenters. The Balaban J connectivity index is 2.19. The number of aliphatic imine (C=N–C) groups is 1. The first kappa shape index (κ1) is 14.8. The summed E-state index contributed by atoms with van der Waals surface area (Å²) in [5.74, 6) is 5.84. The predicted octanol–water partition coefficient (Wildman–Crippen LogP) is 0.384. The van der Waals surface area contributed by atoms with Crippen molar-refractivity contribution < 1.29 is 4.79 Å². The summed E-state index contributed by atoms with van der Waals surface area (Å²) in [7, 11) is 0. The van der Waals surface area contributed by atoms with Gasteiger partial charge in [-0.15, -0.1) is 0 Å². The van der Waals surface area contributed by atoms with Gasteiger partial charge < -0.3 is 11.1 Å². The molecule has 0 saturated heterocycles. The van der Waals surface area contributed by atoms with Crippen LogP contribution in [0.25, 0.3) is 0 Å². The van der Waals surface area contributed by atoms with E-state index in [1.54, 1.807) is 0 Å². The maximum absolute atomic E-state index is 10.6. The van der Waals surface area contributed by atoms with Crippen LogP contribution in [0, 0.1) is 0 Å². The van der Waals surface area contributed by atoms with Crippen molar-refractivity contribution in [2.75, 3.05) is 6.54 Å². The summed E-state index contributed by atoms with van der Waals surface area (Å²) in [5.41, 5.74) is 7.66. The van der Waals surface area contributed by atoms with E-state index in [1.807, 2.05) is 0 Å². The van der Waals surface area contributed by atoms with Gasteiger partial charge in [0.1, 0.15) is 0 Å². The molecule has 0 aromatic heterocycles. The monoisotopic (exact) mass is 255 g/mol. The fourth-order valence-corrected chi connectivity index (χ4v) is 2.18. The van der Waals surface area contributed by atoms with E-state index in [-0.39, 0.29) is 5.91 Å². The maximum atomic E-state index is 10.6. The number of unbranched alkanes of at least 4 members (excludes halogenated alkanes) is 1. The van der Waals surface area contributed by atoms with Crippen LogP contribution in [0.2, 0.25) is 0 Å². The first-order valence-electron chi connectivity index (χ1n) is 6.78. The smallest absolute Gasteiger partial charge is 0.217 e. The molecule has 1 saturated carbocycles. The molecule has 6 N–H and O–H groups in total. The molecule has 1 aliphatic rings. The Hall–Kier alpha value is -1.30. The van der Waals surface area contributed by atoms with Gasteiger partial charge in [-0.2, -0.15) is 0 Å². The van der Waals surface area contributed by atoms with Crippen molar-refractivity contribution in [3.05, 3.63) is 0 Å². The third-order valence-electron chi connectivity index (χ3n) is 3.18. The highest BCUT2D eigenvalue weighted by Gasteiger charge is 2.13. The fourth-order valence-electron chi connectivity index (χ4n) is 2.18. The lowest BCUT2D eigenvalue weighted by atomic mass is 9.96. The van der Waals surface area contributed by atoms with E-state index in [4.69, 9.17) is 11.6 Å². The highest BCUT2D eigenvalue weighted by atomic mass is 16.1. The molecule has 0 heterocycles. The average Bonchev–Trinajstić information content (AvgIpc) is 2.38. The highest BCUT2D eigenvalue weighted by Crippen LogP contribution is 2.17. The number of carbonyl (C=O) groups is 1. The van der Waals surface area contributed by atoms with Crippen molar-refractivity contribution in [3.63, 3.8) is 0 Å². The Morgan fingerprint density at radius 1 is 1.22 bits per heavy atom. The van der Waals surface area contributed by atoms with Crippen molar-refractivity contribution in [3.8, 4) is 0 Å². The molecular weight excluding hydrogens is 230 g/mol. The lowest BCUT2D eigenvalue weighted by Gasteiger charge is -2.24. The topological polar surface area (TPSA) is 106 Å². The second-order valence-corrected chi connectivity index (χ2v) is 4.78. The summed E-state index contributed by atoms with van der Waals surface area (Å²) < 4.78 is 0. The predicted molar refractivity (Wildman–Crippen MR) is 72.7 cm³/mol. The third-order valence-corrected chi connectivity index (χ3v) is 3.18. The first-order chi connectivity index (χ1) is 8.72. The Kier molecular flexibility index (Phi) is 7.17. The van der Waals surface area contributed by atoms with Crippen molar-refractivity contribution >= 4 is 11.9 Å². The molecule has 104 valence electrons. The van der Waals surface area contributed by atoms with E-state index in [2.05, 4.69) is 15.7 Å². The van der Waals surface area contributed by atoms with Gasteiger partial charge in [0.15, 0.2) is 0 Å². The maximum Gasteiger partial charge on any atom is 0.217 e. The second-order valence-electron chi connectivity index (χ2n) is 4.78. The van der Waals surface area contributed by atoms with Crippen LogP contribution in [-0.4, -0.2) is 24.5 Å². The number of amides is 1. The molecule has 0 unspecified atom stereocenters. The zero-order chi connectivity index (χ0) is 13.2. The molecule has 0 aliphatic heterocycles. The van der Waals surface area contributed by atoms with E-state index in [1.165, 1.54) is 32.1 Å². The number of nitrogens with one attached hydrogen (secondary N) is 2. The number of hydrazine groups is 1. The fraction of sp³-hybridized carbons (Fsp3) is 0.833. The largest absolute Gasteiger partial charge is 0.370 e. The van der Waals surface area contributed by atoms with Gasteiger partial charge in [-0.1, -0.05) is 19.3 Å². The molecule has 18 heavy (non-hydrogen) atoms. The van der Waals surface area contributed by atoms with Gasteiger partial charge in [0.25, 0.3) is 0 Å². The van der Waals surface area contributed by atoms with Crippen LogP contribution < -0.4 is 22.3 Å². The Morgan fingerprint density at radius 3 is 2.56 bits per heavy atom. The molecule has 0 spiro atoms. The van der Waals surface area contributed by atoms with Gasteiger partial charge in [-0.25, -0.2) is 5.84 Å². The zero-order valence-corrected chi connectivity index (χ0v) is 11.0. The molecule has 6 nitrogen and oxygen atoms in total. The summed E-state index contributed by atoms with van der Waals surface area (Å²) in [4.78, 5) is 14.9. The molecule has 0 aromatic rings. The average molecular weight is 255 g/mol. The summed E-state index contributed by atoms with van der Waals surface area (Å²) in [6.07, 6.45) is 8.29. The minimum Gasteiger partial charge on any atom is -0.370 e. The molecule has 0 aromatic carbocycles. The van der Waals surface area contributed by atoms with E-state index in [0.29, 0.717) is 25.0 Å². The summed E-state index contributed by atoms with van der Waals surface area (Å²) in [5, 5.41) is 3.33. The van der Waals surface area contributed by atoms with Crippen LogP contribution in [0.3, 0.4) is 0 Å². The van der Waals surface area contributed by atoms with Crippen molar-refractivity contribution in [1.82, 2.24) is 10.7 Å². The van der Waals surface area contributed by atoms with Crippen molar-refractivity contribution in [1.29, 1.82) is 0 Å². The number of hydrogen-bond donors (Lipinski definition) is 4. The van der Waals surface area contributed by atoms with E-state index in [0.717, 1.165) is 12.8 Å². The molecule has 6 heteroatoms. The van der Waals surface area contributed by atoms with Crippen LogP contribution >= 0.6 is 0 Å². The lowest BCUT2D eigenvalue weighted by Crippen LogP contribution is -2.47. The van der Waals surface area contributed by atoms with Crippen LogP contribution in [0.15, 0.2) is 4.99 Å². The number of hydrogen-bond acceptors (Lipinski definition) is 3. The summed E-state index contributed by atoms with van der Waals surface area (Å²) in [6.45, 7) is 0.659. The second kappa shape index (κ2) is 8.74. The van der Waals surface area contributed by atoms with E-state index in [9.17, 15) is 4.79 Å².